The van der Waals surface area contributed by atoms with Gasteiger partial charge in [-0.3, -0.25) is 15.0 Å². The molecule has 0 spiro atoms. The fraction of sp³-hybridized carbons (Fsp3) is 0.314. The van der Waals surface area contributed by atoms with Gasteiger partial charge in [0.05, 0.1) is 4.90 Å². The van der Waals surface area contributed by atoms with Crippen LogP contribution in [0.4, 0.5) is 36.8 Å². The number of ether oxygens (including phenoxy) is 1. The van der Waals surface area contributed by atoms with E-state index in [4.69, 9.17) is 41.4 Å². The van der Waals surface area contributed by atoms with E-state index in [9.17, 15) is 49.1 Å². The number of anilines is 1. The van der Waals surface area contributed by atoms with Gasteiger partial charge >= 0.3 is 30.4 Å². The number of sulfonamides is 1. The van der Waals surface area contributed by atoms with E-state index in [0.717, 1.165) is 5.56 Å². The van der Waals surface area contributed by atoms with Crippen LogP contribution in [0.5, 0.6) is 0 Å². The molecule has 4 rings (SSSR count). The second kappa shape index (κ2) is 22.0. The lowest BCUT2D eigenvalue weighted by atomic mass is 10.0. The third-order valence-corrected chi connectivity index (χ3v) is 9.08. The number of benzene rings is 3. The quantitative estimate of drug-likeness (QED) is 0.0787. The van der Waals surface area contributed by atoms with Gasteiger partial charge in [-0.25, -0.2) is 22.8 Å². The number of alkyl halides is 6. The number of nitrogen functional groups attached to an aromatic ring is 1. The molecule has 0 unspecified atom stereocenters. The fourth-order valence-electron chi connectivity index (χ4n) is 4.77. The molecule has 3 amide bonds. The number of hydrogen-bond donors (Lipinski definition) is 7. The molecular weight excluding hydrogens is 824 g/mol. The number of amidine groups is 1. The largest absolute Gasteiger partial charge is 0.490 e. The molecule has 0 radical (unpaired) electrons. The molecule has 17 nitrogen and oxygen atoms in total. The normalized spacial score (nSPS) is 13.3. The number of nitrogens with one attached hydrogen (secondary N) is 3. The number of carbonyl (C=O) groups excluding carboxylic acids is 3. The van der Waals surface area contributed by atoms with Crippen LogP contribution >= 0.6 is 0 Å². The van der Waals surface area contributed by atoms with Crippen LogP contribution in [0.15, 0.2) is 83.8 Å². The maximum absolute atomic E-state index is 13.8. The predicted octanol–water partition coefficient (Wildman–Crippen LogP) is 2.90. The van der Waals surface area contributed by atoms with Crippen molar-refractivity contribution in [3.63, 3.8) is 0 Å². The van der Waals surface area contributed by atoms with Crippen LogP contribution in [-0.4, -0.2) is 115 Å². The summed E-state index contributed by atoms with van der Waals surface area (Å²) in [6.45, 7) is 1.04. The van der Waals surface area contributed by atoms with Crippen LogP contribution in [-0.2, 0) is 47.0 Å². The van der Waals surface area contributed by atoms with Gasteiger partial charge in [0.1, 0.15) is 18.5 Å². The Balaban J connectivity index is 0.000000732. The van der Waals surface area contributed by atoms with Crippen LogP contribution in [0.25, 0.3) is 0 Å². The molecule has 59 heavy (non-hydrogen) atoms. The van der Waals surface area contributed by atoms with Crippen molar-refractivity contribution >= 4 is 51.4 Å². The number of halogens is 6. The minimum Gasteiger partial charge on any atom is -0.475 e. The zero-order valence-corrected chi connectivity index (χ0v) is 31.4. The van der Waals surface area contributed by atoms with Crippen molar-refractivity contribution in [2.75, 3.05) is 38.0 Å². The molecule has 1 aliphatic rings. The lowest BCUT2D eigenvalue weighted by Gasteiger charge is -2.36. The van der Waals surface area contributed by atoms with Gasteiger partial charge in [-0.15, -0.1) is 0 Å². The first-order chi connectivity index (χ1) is 27.4. The molecule has 1 heterocycles. The van der Waals surface area contributed by atoms with Crippen molar-refractivity contribution in [1.29, 1.82) is 5.41 Å². The Morgan fingerprint density at radius 3 is 1.85 bits per heavy atom. The van der Waals surface area contributed by atoms with Gasteiger partial charge in [-0.05, 0) is 41.8 Å². The number of carboxylic acids is 2. The Labute approximate surface area is 332 Å². The molecule has 1 saturated heterocycles. The number of aliphatic carboxylic acids is 2. The number of carboxylic acid groups (broad SMARTS) is 2. The SMILES string of the molecule is N=C(N)c1cccc(C[C@H](NS(=O)(=O)c2cccc(NC(=O)CCN)c2)C(=O)N2CCN(C(=O)OCc3ccccc3)CC2)c1.O=C(O)C(F)(F)F.O=C(O)C(F)(F)F. The van der Waals surface area contributed by atoms with Crippen molar-refractivity contribution in [2.24, 2.45) is 11.5 Å². The van der Waals surface area contributed by atoms with E-state index in [2.05, 4.69) is 10.0 Å². The van der Waals surface area contributed by atoms with Crippen LogP contribution in [0.2, 0.25) is 0 Å². The summed E-state index contributed by atoms with van der Waals surface area (Å²) in [4.78, 5) is 59.1. The Bertz CT molecular complexity index is 2020. The van der Waals surface area contributed by atoms with Gasteiger partial charge in [0.25, 0.3) is 0 Å². The number of amides is 3. The molecule has 24 heteroatoms. The predicted molar refractivity (Wildman–Crippen MR) is 196 cm³/mol. The average Bonchev–Trinajstić information content (AvgIpc) is 3.17. The number of hydrogen-bond acceptors (Lipinski definition) is 10. The third kappa shape index (κ3) is 17.0. The molecular formula is C35H39F6N7O10S. The number of carbonyl (C=O) groups is 5. The van der Waals surface area contributed by atoms with Gasteiger partial charge in [0.15, 0.2) is 0 Å². The molecule has 1 atom stereocenters. The first-order valence-electron chi connectivity index (χ1n) is 16.8. The molecule has 322 valence electrons. The van der Waals surface area contributed by atoms with E-state index in [1.165, 1.54) is 28.0 Å². The van der Waals surface area contributed by atoms with Crippen LogP contribution in [0.1, 0.15) is 23.1 Å². The second-order valence-corrected chi connectivity index (χ2v) is 13.8. The highest BCUT2D eigenvalue weighted by atomic mass is 32.2. The summed E-state index contributed by atoms with van der Waals surface area (Å²) in [6.07, 6.45) is -10.6. The molecule has 3 aromatic carbocycles. The van der Waals surface area contributed by atoms with Gasteiger partial charge in [0.2, 0.25) is 21.8 Å². The van der Waals surface area contributed by atoms with Gasteiger partial charge in [0, 0.05) is 50.4 Å². The van der Waals surface area contributed by atoms with E-state index < -0.39 is 52.4 Å². The van der Waals surface area contributed by atoms with Crippen molar-refractivity contribution in [3.8, 4) is 0 Å². The first kappa shape index (κ1) is 48.9. The van der Waals surface area contributed by atoms with Crippen LogP contribution in [0.3, 0.4) is 0 Å². The second-order valence-electron chi connectivity index (χ2n) is 12.1. The van der Waals surface area contributed by atoms with Gasteiger partial charge in [-0.1, -0.05) is 54.6 Å². The van der Waals surface area contributed by atoms with E-state index >= 15 is 0 Å². The van der Waals surface area contributed by atoms with E-state index in [0.29, 0.717) is 11.1 Å². The maximum Gasteiger partial charge on any atom is 0.490 e. The lowest BCUT2D eigenvalue weighted by Crippen LogP contribution is -2.56. The summed E-state index contributed by atoms with van der Waals surface area (Å²) < 4.78 is 98.5. The average molecular weight is 864 g/mol. The Kier molecular flexibility index (Phi) is 18.3. The molecule has 3 aromatic rings. The summed E-state index contributed by atoms with van der Waals surface area (Å²) in [6, 6.07) is 20.4. The first-order valence-corrected chi connectivity index (χ1v) is 18.3. The molecule has 9 N–H and O–H groups in total. The summed E-state index contributed by atoms with van der Waals surface area (Å²) in [7, 11) is -4.24. The molecule has 1 fully saturated rings. The smallest absolute Gasteiger partial charge is 0.475 e. The highest BCUT2D eigenvalue weighted by molar-refractivity contribution is 7.89. The van der Waals surface area contributed by atoms with Crippen LogP contribution < -0.4 is 21.5 Å². The number of nitrogens with two attached hydrogens (primary N) is 2. The van der Waals surface area contributed by atoms with Crippen molar-refractivity contribution < 1.29 is 73.7 Å². The van der Waals surface area contributed by atoms with E-state index in [1.54, 1.807) is 30.3 Å². The summed E-state index contributed by atoms with van der Waals surface area (Å²) in [5, 5.41) is 24.6. The Morgan fingerprint density at radius 1 is 0.797 bits per heavy atom. The van der Waals surface area contributed by atoms with Crippen molar-refractivity contribution in [3.05, 3.63) is 95.6 Å². The van der Waals surface area contributed by atoms with Gasteiger partial charge in [-0.2, -0.15) is 31.1 Å². The highest BCUT2D eigenvalue weighted by Gasteiger charge is 2.39. The zero-order chi connectivity index (χ0) is 44.6. The summed E-state index contributed by atoms with van der Waals surface area (Å²) >= 11 is 0. The molecule has 1 aliphatic heterocycles. The number of nitrogens with zero attached hydrogens (tertiary/aromatic N) is 2. The third-order valence-electron chi connectivity index (χ3n) is 7.61. The molecule has 0 aliphatic carbocycles. The molecule has 0 bridgehead atoms. The minimum absolute atomic E-state index is 0.0224. The number of rotatable bonds is 12. The number of piperazine rings is 1. The van der Waals surface area contributed by atoms with E-state index in [1.807, 2.05) is 30.3 Å². The van der Waals surface area contributed by atoms with Crippen LogP contribution in [0, 0.1) is 5.41 Å². The Hall–Kier alpha value is -6.27. The fourth-order valence-corrected chi connectivity index (χ4v) is 6.01. The summed E-state index contributed by atoms with van der Waals surface area (Å²) in [5.74, 6) is -6.51. The zero-order valence-electron chi connectivity index (χ0n) is 30.6. The molecule has 0 aromatic heterocycles. The topological polar surface area (TPSA) is 276 Å². The monoisotopic (exact) mass is 863 g/mol. The standard InChI is InChI=1S/C31H37N7O6S.2C2HF3O2/c32-13-12-28(39)35-25-10-5-11-26(20-25)45(42,43)36-27(19-23-8-4-9-24(18-23)29(33)34)30(40)37-14-16-38(17-15-37)31(41)44-21-22-6-2-1-3-7-22;2*3-2(4,5)1(6)7/h1-11,18,20,27,36H,12-17,19,21,32H2,(H3,33,34)(H,35,39);2*(H,6,7)/t27-;;/m0../s1. The minimum atomic E-state index is -5.08. The van der Waals surface area contributed by atoms with Crippen molar-refractivity contribution in [2.45, 2.75) is 42.7 Å². The Morgan fingerprint density at radius 2 is 1.32 bits per heavy atom. The lowest BCUT2D eigenvalue weighted by molar-refractivity contribution is -0.193. The van der Waals surface area contributed by atoms with E-state index in [-0.39, 0.29) is 74.5 Å². The summed E-state index contributed by atoms with van der Waals surface area (Å²) in [5.41, 5.74) is 13.2. The highest BCUT2D eigenvalue weighted by Crippen LogP contribution is 2.19. The molecule has 0 saturated carbocycles. The van der Waals surface area contributed by atoms with Gasteiger partial charge < -0.3 is 41.5 Å². The van der Waals surface area contributed by atoms with Crippen molar-refractivity contribution in [1.82, 2.24) is 14.5 Å². The maximum atomic E-state index is 13.8.